The molecule has 0 radical (unpaired) electrons. The molecule has 0 aromatic carbocycles. The standard InChI is InChI=1S/C21H40N8O.HI/c1-4-22-20(24-11-14-27(2)12-7-19-30-3)23-10-6-13-28-15-17-29(18-16-28)21-25-8-5-9-26-21;/h5,8-9H,4,6-7,10-19H2,1-3H3,(H2,22,23,24);1H. The van der Waals surface area contributed by atoms with Crippen molar-refractivity contribution in [1.29, 1.82) is 0 Å². The molecule has 1 saturated heterocycles. The molecule has 0 bridgehead atoms. The Kier molecular flexibility index (Phi) is 15.5. The Balaban J connectivity index is 0.00000480. The quantitative estimate of drug-likeness (QED) is 0.165. The predicted molar refractivity (Wildman–Crippen MR) is 139 cm³/mol. The third kappa shape index (κ3) is 11.8. The minimum atomic E-state index is 0. The van der Waals surface area contributed by atoms with E-state index in [0.29, 0.717) is 0 Å². The highest BCUT2D eigenvalue weighted by Gasteiger charge is 2.18. The molecule has 9 nitrogen and oxygen atoms in total. The fourth-order valence-electron chi connectivity index (χ4n) is 3.41. The van der Waals surface area contributed by atoms with Crippen LogP contribution in [-0.4, -0.2) is 112 Å². The van der Waals surface area contributed by atoms with Gasteiger partial charge < -0.3 is 25.2 Å². The molecule has 0 unspecified atom stereocenters. The van der Waals surface area contributed by atoms with Crippen LogP contribution in [0.1, 0.15) is 19.8 Å². The molecule has 31 heavy (non-hydrogen) atoms. The first-order valence-electron chi connectivity index (χ1n) is 11.2. The van der Waals surface area contributed by atoms with Gasteiger partial charge in [-0.05, 0) is 32.9 Å². The topological polar surface area (TPSA) is 81.2 Å². The maximum Gasteiger partial charge on any atom is 0.225 e. The van der Waals surface area contributed by atoms with Gasteiger partial charge in [-0.15, -0.1) is 24.0 Å². The van der Waals surface area contributed by atoms with Crippen molar-refractivity contribution in [3.8, 4) is 0 Å². The van der Waals surface area contributed by atoms with Crippen molar-refractivity contribution >= 4 is 35.9 Å². The van der Waals surface area contributed by atoms with E-state index in [2.05, 4.69) is 49.3 Å². The number of nitrogens with one attached hydrogen (secondary N) is 2. The number of guanidine groups is 1. The summed E-state index contributed by atoms with van der Waals surface area (Å²) in [4.78, 5) is 20.5. The second-order valence-corrected chi connectivity index (χ2v) is 7.57. The Bertz CT molecular complexity index is 584. The summed E-state index contributed by atoms with van der Waals surface area (Å²) < 4.78 is 5.11. The molecule has 10 heteroatoms. The van der Waals surface area contributed by atoms with Gasteiger partial charge in [0.25, 0.3) is 0 Å². The second kappa shape index (κ2) is 17.3. The van der Waals surface area contributed by atoms with E-state index in [-0.39, 0.29) is 24.0 Å². The normalized spacial score (nSPS) is 15.1. The Morgan fingerprint density at radius 1 is 1.13 bits per heavy atom. The maximum absolute atomic E-state index is 5.11. The number of likely N-dealkylation sites (N-methyl/N-ethyl adjacent to an activating group) is 1. The molecule has 1 aliphatic rings. The van der Waals surface area contributed by atoms with Crippen LogP contribution in [0.25, 0.3) is 0 Å². The van der Waals surface area contributed by atoms with Crippen molar-refractivity contribution in [2.45, 2.75) is 19.8 Å². The van der Waals surface area contributed by atoms with E-state index in [4.69, 9.17) is 9.73 Å². The molecule has 0 spiro atoms. The van der Waals surface area contributed by atoms with Gasteiger partial charge in [0.1, 0.15) is 0 Å². The molecule has 1 aliphatic heterocycles. The average Bonchev–Trinajstić information content (AvgIpc) is 2.78. The van der Waals surface area contributed by atoms with Gasteiger partial charge in [-0.2, -0.15) is 0 Å². The van der Waals surface area contributed by atoms with Crippen molar-refractivity contribution in [2.24, 2.45) is 4.99 Å². The van der Waals surface area contributed by atoms with Crippen molar-refractivity contribution in [3.05, 3.63) is 18.5 Å². The van der Waals surface area contributed by atoms with Gasteiger partial charge in [-0.3, -0.25) is 9.89 Å². The van der Waals surface area contributed by atoms with Crippen LogP contribution >= 0.6 is 24.0 Å². The fourth-order valence-corrected chi connectivity index (χ4v) is 3.41. The average molecular weight is 549 g/mol. The molecular weight excluding hydrogens is 507 g/mol. The molecule has 2 N–H and O–H groups in total. The summed E-state index contributed by atoms with van der Waals surface area (Å²) >= 11 is 0. The number of ether oxygens (including phenoxy) is 1. The number of nitrogens with zero attached hydrogens (tertiary/aromatic N) is 6. The van der Waals surface area contributed by atoms with Gasteiger partial charge in [0.05, 0.1) is 0 Å². The smallest absolute Gasteiger partial charge is 0.225 e. The van der Waals surface area contributed by atoms with E-state index in [1.807, 2.05) is 18.5 Å². The first-order valence-corrected chi connectivity index (χ1v) is 11.2. The van der Waals surface area contributed by atoms with Gasteiger partial charge in [-0.25, -0.2) is 9.97 Å². The van der Waals surface area contributed by atoms with Crippen molar-refractivity contribution in [3.63, 3.8) is 0 Å². The summed E-state index contributed by atoms with van der Waals surface area (Å²) in [5, 5.41) is 6.77. The van der Waals surface area contributed by atoms with Gasteiger partial charge in [-0.1, -0.05) is 0 Å². The highest BCUT2D eigenvalue weighted by Crippen LogP contribution is 2.09. The van der Waals surface area contributed by atoms with Gasteiger partial charge >= 0.3 is 0 Å². The number of halogens is 1. The lowest BCUT2D eigenvalue weighted by molar-refractivity contribution is 0.180. The molecule has 178 valence electrons. The lowest BCUT2D eigenvalue weighted by Gasteiger charge is -2.34. The van der Waals surface area contributed by atoms with Crippen LogP contribution in [0.5, 0.6) is 0 Å². The highest BCUT2D eigenvalue weighted by molar-refractivity contribution is 14.0. The van der Waals surface area contributed by atoms with E-state index in [1.54, 1.807) is 7.11 Å². The molecule has 0 amide bonds. The number of aromatic nitrogens is 2. The minimum Gasteiger partial charge on any atom is -0.385 e. The number of piperazine rings is 1. The molecule has 2 rings (SSSR count). The minimum absolute atomic E-state index is 0. The molecule has 1 aromatic heterocycles. The molecule has 1 fully saturated rings. The first-order chi connectivity index (χ1) is 14.7. The van der Waals surface area contributed by atoms with Gasteiger partial charge in [0, 0.05) is 91.6 Å². The lowest BCUT2D eigenvalue weighted by atomic mass is 10.3. The fraction of sp³-hybridized carbons (Fsp3) is 0.762. The monoisotopic (exact) mass is 548 g/mol. The van der Waals surface area contributed by atoms with Crippen LogP contribution in [0, 0.1) is 0 Å². The number of hydrogen-bond donors (Lipinski definition) is 2. The summed E-state index contributed by atoms with van der Waals surface area (Å²) in [5.74, 6) is 1.75. The van der Waals surface area contributed by atoms with Crippen LogP contribution in [-0.2, 0) is 4.74 Å². The van der Waals surface area contributed by atoms with E-state index in [9.17, 15) is 0 Å². The zero-order valence-corrected chi connectivity index (χ0v) is 21.8. The first kappa shape index (κ1) is 27.8. The second-order valence-electron chi connectivity index (χ2n) is 7.57. The third-order valence-corrected chi connectivity index (χ3v) is 5.13. The molecule has 0 aliphatic carbocycles. The number of aliphatic imine (C=N–C) groups is 1. The summed E-state index contributed by atoms with van der Waals surface area (Å²) in [6.45, 7) is 12.7. The number of hydrogen-bond acceptors (Lipinski definition) is 7. The predicted octanol–water partition coefficient (Wildman–Crippen LogP) is 1.13. The molecule has 1 aromatic rings. The van der Waals surface area contributed by atoms with Crippen molar-refractivity contribution in [1.82, 2.24) is 30.4 Å². The zero-order chi connectivity index (χ0) is 21.4. The van der Waals surface area contributed by atoms with Gasteiger partial charge in [0.2, 0.25) is 5.95 Å². The molecule has 0 atom stereocenters. The summed E-state index contributed by atoms with van der Waals surface area (Å²) in [5.41, 5.74) is 0. The van der Waals surface area contributed by atoms with Crippen LogP contribution in [0.4, 0.5) is 5.95 Å². The molecule has 2 heterocycles. The van der Waals surface area contributed by atoms with Crippen LogP contribution in [0.3, 0.4) is 0 Å². The highest BCUT2D eigenvalue weighted by atomic mass is 127. The Labute approximate surface area is 205 Å². The van der Waals surface area contributed by atoms with Gasteiger partial charge in [0.15, 0.2) is 5.96 Å². The largest absolute Gasteiger partial charge is 0.385 e. The van der Waals surface area contributed by atoms with E-state index in [0.717, 1.165) is 96.8 Å². The Hall–Kier alpha value is -1.24. The van der Waals surface area contributed by atoms with Crippen LogP contribution in [0.2, 0.25) is 0 Å². The number of rotatable bonds is 13. The SMILES string of the molecule is CCNC(=NCCCN1CCN(c2ncccn2)CC1)NCCN(C)CCCOC.I. The Morgan fingerprint density at radius 2 is 1.87 bits per heavy atom. The van der Waals surface area contributed by atoms with Crippen LogP contribution in [0.15, 0.2) is 23.5 Å². The van der Waals surface area contributed by atoms with E-state index >= 15 is 0 Å². The zero-order valence-electron chi connectivity index (χ0n) is 19.4. The van der Waals surface area contributed by atoms with Crippen LogP contribution < -0.4 is 15.5 Å². The summed E-state index contributed by atoms with van der Waals surface area (Å²) in [6.07, 6.45) is 5.74. The maximum atomic E-state index is 5.11. The van der Waals surface area contributed by atoms with E-state index in [1.165, 1.54) is 0 Å². The van der Waals surface area contributed by atoms with Crippen molar-refractivity contribution < 1.29 is 4.74 Å². The summed E-state index contributed by atoms with van der Waals surface area (Å²) in [6, 6.07) is 1.86. The van der Waals surface area contributed by atoms with E-state index < -0.39 is 0 Å². The number of methoxy groups -OCH3 is 1. The number of anilines is 1. The molecule has 0 saturated carbocycles. The summed E-state index contributed by atoms with van der Waals surface area (Å²) in [7, 11) is 3.89. The van der Waals surface area contributed by atoms with Crippen molar-refractivity contribution in [2.75, 3.05) is 91.1 Å². The molecular formula is C21H41IN8O. The third-order valence-electron chi connectivity index (χ3n) is 5.13. The Morgan fingerprint density at radius 3 is 2.55 bits per heavy atom. The lowest BCUT2D eigenvalue weighted by Crippen LogP contribution is -2.47.